The van der Waals surface area contributed by atoms with Crippen LogP contribution in [0.1, 0.15) is 5.56 Å². The monoisotopic (exact) mass is 118 g/mol. The van der Waals surface area contributed by atoms with E-state index in [1.165, 1.54) is 0 Å². The molecule has 0 aliphatic rings. The van der Waals surface area contributed by atoms with Crippen molar-refractivity contribution in [2.45, 2.75) is 0 Å². The van der Waals surface area contributed by atoms with Gasteiger partial charge >= 0.3 is 0 Å². The van der Waals surface area contributed by atoms with Gasteiger partial charge in [-0.25, -0.2) is 0 Å². The Kier molecular flexibility index (Phi) is 1.54. The van der Waals surface area contributed by atoms with Crippen molar-refractivity contribution in [3.63, 3.8) is 0 Å². The molecule has 9 heavy (non-hydrogen) atoms. The van der Waals surface area contributed by atoms with Gasteiger partial charge in [-0.3, -0.25) is 0 Å². The molecule has 0 amide bonds. The maximum absolute atomic E-state index is 5.43. The summed E-state index contributed by atoms with van der Waals surface area (Å²) < 4.78 is 0. The molecule has 0 aliphatic heterocycles. The quantitative estimate of drug-likeness (QED) is 0.557. The lowest BCUT2D eigenvalue weighted by Crippen LogP contribution is -1.82. The third-order valence-electron chi connectivity index (χ3n) is 1.11. The predicted molar refractivity (Wildman–Crippen MR) is 38.8 cm³/mol. The van der Waals surface area contributed by atoms with Crippen molar-refractivity contribution in [2.75, 3.05) is 5.73 Å². The lowest BCUT2D eigenvalue weighted by atomic mass is 10.2. The zero-order chi connectivity index (χ0) is 6.69. The summed E-state index contributed by atoms with van der Waals surface area (Å²) in [5, 5.41) is 0. The Bertz CT molecular complexity index is 198. The highest BCUT2D eigenvalue weighted by molar-refractivity contribution is 5.40. The summed E-state index contributed by atoms with van der Waals surface area (Å²) in [5.41, 5.74) is 7.18. The molecule has 1 aromatic carbocycles. The molecule has 0 unspecified atom stereocenters. The molecule has 0 aliphatic carbocycles. The van der Waals surface area contributed by atoms with Gasteiger partial charge in [0, 0.05) is 5.69 Å². The highest BCUT2D eigenvalue weighted by atomic mass is 14.5. The van der Waals surface area contributed by atoms with E-state index in [9.17, 15) is 0 Å². The van der Waals surface area contributed by atoms with Gasteiger partial charge in [-0.15, -0.1) is 0 Å². The summed E-state index contributed by atoms with van der Waals surface area (Å²) in [7, 11) is 0. The number of hydrogen-bond donors (Lipinski definition) is 1. The second-order valence-electron chi connectivity index (χ2n) is 1.80. The summed E-state index contributed by atoms with van der Waals surface area (Å²) in [4.78, 5) is 0. The Labute approximate surface area is 54.8 Å². The smallest absolute Gasteiger partial charge is 0.0314 e. The van der Waals surface area contributed by atoms with Crippen LogP contribution in [0.15, 0.2) is 30.8 Å². The number of hydrogen-bond acceptors (Lipinski definition) is 1. The number of anilines is 1. The van der Waals surface area contributed by atoms with Gasteiger partial charge in [-0.05, 0) is 23.8 Å². The lowest BCUT2D eigenvalue weighted by Gasteiger charge is -1.91. The van der Waals surface area contributed by atoms with Crippen LogP contribution in [0.25, 0.3) is 0 Å². The van der Waals surface area contributed by atoms with Gasteiger partial charge < -0.3 is 5.73 Å². The predicted octanol–water partition coefficient (Wildman–Crippen LogP) is 1.61. The molecular formula is C8H8N. The summed E-state index contributed by atoms with van der Waals surface area (Å²) in [6.45, 7) is 3.49. The minimum atomic E-state index is 0.772. The first-order valence-corrected chi connectivity index (χ1v) is 2.71. The molecule has 0 bridgehead atoms. The summed E-state index contributed by atoms with van der Waals surface area (Å²) in [6.07, 6.45) is 2.75. The van der Waals surface area contributed by atoms with Crippen LogP contribution >= 0.6 is 0 Å². The first-order chi connectivity index (χ1) is 4.33. The van der Waals surface area contributed by atoms with E-state index in [1.54, 1.807) is 0 Å². The van der Waals surface area contributed by atoms with Gasteiger partial charge in [-0.2, -0.15) is 0 Å². The molecule has 1 heteroatoms. The average Bonchev–Trinajstić information content (AvgIpc) is 1.90. The van der Waals surface area contributed by atoms with Crippen molar-refractivity contribution in [1.82, 2.24) is 0 Å². The molecule has 0 fully saturated rings. The SMILES string of the molecule is C=[C]c1ccc(N)cc1. The van der Waals surface area contributed by atoms with E-state index in [-0.39, 0.29) is 0 Å². The van der Waals surface area contributed by atoms with Crippen LogP contribution in [0, 0.1) is 6.08 Å². The van der Waals surface area contributed by atoms with Crippen LogP contribution in [-0.2, 0) is 0 Å². The van der Waals surface area contributed by atoms with Crippen LogP contribution in [-0.4, -0.2) is 0 Å². The highest BCUT2D eigenvalue weighted by Gasteiger charge is 1.83. The zero-order valence-corrected chi connectivity index (χ0v) is 5.09. The van der Waals surface area contributed by atoms with E-state index in [1.807, 2.05) is 24.3 Å². The molecule has 2 N–H and O–H groups in total. The van der Waals surface area contributed by atoms with E-state index in [0.29, 0.717) is 0 Å². The fraction of sp³-hybridized carbons (Fsp3) is 0. The van der Waals surface area contributed by atoms with Crippen molar-refractivity contribution in [2.24, 2.45) is 0 Å². The summed E-state index contributed by atoms with van der Waals surface area (Å²) in [5.74, 6) is 0. The molecular weight excluding hydrogens is 110 g/mol. The van der Waals surface area contributed by atoms with Gasteiger partial charge in [0.25, 0.3) is 0 Å². The first-order valence-electron chi connectivity index (χ1n) is 2.71. The molecule has 1 radical (unpaired) electrons. The van der Waals surface area contributed by atoms with E-state index < -0.39 is 0 Å². The zero-order valence-electron chi connectivity index (χ0n) is 5.09. The van der Waals surface area contributed by atoms with Crippen molar-refractivity contribution >= 4 is 5.69 Å². The van der Waals surface area contributed by atoms with Gasteiger partial charge in [0.05, 0.1) is 0 Å². The molecule has 45 valence electrons. The third-order valence-corrected chi connectivity index (χ3v) is 1.11. The fourth-order valence-corrected chi connectivity index (χ4v) is 0.601. The largest absolute Gasteiger partial charge is 0.399 e. The van der Waals surface area contributed by atoms with Crippen LogP contribution in [0.2, 0.25) is 0 Å². The maximum Gasteiger partial charge on any atom is 0.0314 e. The molecule has 0 heterocycles. The van der Waals surface area contributed by atoms with E-state index in [0.717, 1.165) is 11.3 Å². The van der Waals surface area contributed by atoms with Crippen molar-refractivity contribution in [1.29, 1.82) is 0 Å². The molecule has 0 saturated heterocycles. The second-order valence-corrected chi connectivity index (χ2v) is 1.80. The Morgan fingerprint density at radius 2 is 1.78 bits per heavy atom. The lowest BCUT2D eigenvalue weighted by molar-refractivity contribution is 1.58. The van der Waals surface area contributed by atoms with Crippen LogP contribution in [0.5, 0.6) is 0 Å². The van der Waals surface area contributed by atoms with E-state index >= 15 is 0 Å². The average molecular weight is 118 g/mol. The third kappa shape index (κ3) is 1.32. The maximum atomic E-state index is 5.43. The van der Waals surface area contributed by atoms with Gasteiger partial charge in [0.2, 0.25) is 0 Å². The molecule has 1 rings (SSSR count). The van der Waals surface area contributed by atoms with Gasteiger partial charge in [0.1, 0.15) is 0 Å². The van der Waals surface area contributed by atoms with Gasteiger partial charge in [0.15, 0.2) is 0 Å². The summed E-state index contributed by atoms with van der Waals surface area (Å²) >= 11 is 0. The van der Waals surface area contributed by atoms with E-state index in [2.05, 4.69) is 12.7 Å². The normalized spacial score (nSPS) is 8.89. The topological polar surface area (TPSA) is 26.0 Å². The Morgan fingerprint density at radius 1 is 1.22 bits per heavy atom. The molecule has 1 nitrogen and oxygen atoms in total. The Balaban J connectivity index is 3.01. The standard InChI is InChI=1S/C8H8N/c1-2-7-3-5-8(9)6-4-7/h3-6H,1,9H2. The van der Waals surface area contributed by atoms with Crippen LogP contribution < -0.4 is 5.73 Å². The minimum absolute atomic E-state index is 0.772. The fourth-order valence-electron chi connectivity index (χ4n) is 0.601. The van der Waals surface area contributed by atoms with Crippen LogP contribution in [0.4, 0.5) is 5.69 Å². The first kappa shape index (κ1) is 5.89. The van der Waals surface area contributed by atoms with Crippen molar-refractivity contribution in [3.05, 3.63) is 42.5 Å². The molecule has 0 saturated carbocycles. The summed E-state index contributed by atoms with van der Waals surface area (Å²) in [6, 6.07) is 7.41. The molecule has 0 aromatic heterocycles. The number of nitrogens with two attached hydrogens (primary N) is 1. The second kappa shape index (κ2) is 2.35. The molecule has 1 aromatic rings. The van der Waals surface area contributed by atoms with Crippen molar-refractivity contribution in [3.8, 4) is 0 Å². The molecule has 0 atom stereocenters. The van der Waals surface area contributed by atoms with E-state index in [4.69, 9.17) is 5.73 Å². The van der Waals surface area contributed by atoms with Gasteiger partial charge in [-0.1, -0.05) is 18.7 Å². The Morgan fingerprint density at radius 3 is 2.22 bits per heavy atom. The highest BCUT2D eigenvalue weighted by Crippen LogP contribution is 2.03. The van der Waals surface area contributed by atoms with Crippen molar-refractivity contribution < 1.29 is 0 Å². The molecule has 0 spiro atoms. The minimum Gasteiger partial charge on any atom is -0.399 e. The number of benzene rings is 1. The number of rotatable bonds is 1. The number of nitrogen functional groups attached to an aromatic ring is 1. The van der Waals surface area contributed by atoms with Crippen LogP contribution in [0.3, 0.4) is 0 Å². The Hall–Kier alpha value is -1.24.